The molecule has 26 heavy (non-hydrogen) atoms. The van der Waals surface area contributed by atoms with Crippen LogP contribution in [0.15, 0.2) is 53.8 Å². The number of hydrogen-bond acceptors (Lipinski definition) is 7. The van der Waals surface area contributed by atoms with Gasteiger partial charge in [0.25, 0.3) is 11.8 Å². The molecule has 0 fully saturated rings. The van der Waals surface area contributed by atoms with E-state index in [0.29, 0.717) is 24.7 Å². The zero-order valence-electron chi connectivity index (χ0n) is 14.2. The first kappa shape index (κ1) is 17.3. The molecule has 1 aliphatic heterocycles. The fourth-order valence-electron chi connectivity index (χ4n) is 2.33. The van der Waals surface area contributed by atoms with Gasteiger partial charge in [-0.15, -0.1) is 0 Å². The first-order valence-corrected chi connectivity index (χ1v) is 8.17. The maximum atomic E-state index is 12.3. The summed E-state index contributed by atoms with van der Waals surface area (Å²) in [6, 6.07) is 10.1. The molecule has 0 aliphatic carbocycles. The van der Waals surface area contributed by atoms with Crippen LogP contribution in [0.4, 0.5) is 11.6 Å². The predicted molar refractivity (Wildman–Crippen MR) is 97.5 cm³/mol. The Morgan fingerprint density at radius 2 is 1.88 bits per heavy atom. The topological polar surface area (TPSA) is 112 Å². The number of hydrazine groups is 1. The van der Waals surface area contributed by atoms with Gasteiger partial charge in [0.2, 0.25) is 11.8 Å². The summed E-state index contributed by atoms with van der Waals surface area (Å²) in [5.41, 5.74) is 3.43. The van der Waals surface area contributed by atoms with Crippen molar-refractivity contribution in [3.8, 4) is 0 Å². The first-order chi connectivity index (χ1) is 12.6. The van der Waals surface area contributed by atoms with Crippen LogP contribution >= 0.6 is 0 Å². The lowest BCUT2D eigenvalue weighted by atomic mass is 10.2. The minimum Gasteiger partial charge on any atom is -0.352 e. The SMILES string of the molecule is C[C@@H]1N=C(C(=O)NCCNc2ncccn2)NN(c2ccccc2)C1=O. The van der Waals surface area contributed by atoms with Crippen molar-refractivity contribution in [3.05, 3.63) is 48.8 Å². The van der Waals surface area contributed by atoms with Gasteiger partial charge in [0, 0.05) is 25.5 Å². The van der Waals surface area contributed by atoms with E-state index in [0.717, 1.165) is 0 Å². The molecule has 0 radical (unpaired) electrons. The summed E-state index contributed by atoms with van der Waals surface area (Å²) in [6.45, 7) is 2.46. The summed E-state index contributed by atoms with van der Waals surface area (Å²) in [6.07, 6.45) is 3.26. The number of para-hydroxylation sites is 1. The molecule has 2 heterocycles. The van der Waals surface area contributed by atoms with Crippen molar-refractivity contribution < 1.29 is 9.59 Å². The number of amidine groups is 1. The van der Waals surface area contributed by atoms with Crippen molar-refractivity contribution in [1.29, 1.82) is 0 Å². The van der Waals surface area contributed by atoms with E-state index in [-0.39, 0.29) is 17.6 Å². The van der Waals surface area contributed by atoms with E-state index in [1.54, 1.807) is 37.5 Å². The smallest absolute Gasteiger partial charge is 0.288 e. The molecule has 0 saturated carbocycles. The molecule has 0 unspecified atom stereocenters. The second-order valence-electron chi connectivity index (χ2n) is 5.53. The third-order valence-corrected chi connectivity index (χ3v) is 3.61. The van der Waals surface area contributed by atoms with Crippen LogP contribution in [0.1, 0.15) is 6.92 Å². The van der Waals surface area contributed by atoms with Crippen LogP contribution in [-0.2, 0) is 9.59 Å². The van der Waals surface area contributed by atoms with Crippen LogP contribution in [0.2, 0.25) is 0 Å². The van der Waals surface area contributed by atoms with Gasteiger partial charge in [0.15, 0.2) is 0 Å². The normalized spacial score (nSPS) is 16.5. The van der Waals surface area contributed by atoms with Crippen molar-refractivity contribution in [3.63, 3.8) is 0 Å². The lowest BCUT2D eigenvalue weighted by molar-refractivity contribution is -0.120. The van der Waals surface area contributed by atoms with Gasteiger partial charge in [-0.3, -0.25) is 15.0 Å². The van der Waals surface area contributed by atoms with Gasteiger partial charge in [-0.25, -0.2) is 20.0 Å². The van der Waals surface area contributed by atoms with E-state index in [1.807, 2.05) is 18.2 Å². The Bertz CT molecular complexity index is 795. The molecule has 1 atom stereocenters. The van der Waals surface area contributed by atoms with Crippen LogP contribution in [0.25, 0.3) is 0 Å². The van der Waals surface area contributed by atoms with E-state index < -0.39 is 6.04 Å². The molecule has 1 aromatic heterocycles. The summed E-state index contributed by atoms with van der Waals surface area (Å²) in [7, 11) is 0. The third kappa shape index (κ3) is 4.12. The van der Waals surface area contributed by atoms with E-state index in [2.05, 4.69) is 31.0 Å². The van der Waals surface area contributed by atoms with Gasteiger partial charge in [-0.05, 0) is 25.1 Å². The monoisotopic (exact) mass is 353 g/mol. The summed E-state index contributed by atoms with van der Waals surface area (Å²) in [5.74, 6) is -0.0297. The fourth-order valence-corrected chi connectivity index (χ4v) is 2.33. The lowest BCUT2D eigenvalue weighted by Gasteiger charge is -2.30. The van der Waals surface area contributed by atoms with Crippen molar-refractivity contribution >= 4 is 29.3 Å². The first-order valence-electron chi connectivity index (χ1n) is 8.17. The third-order valence-electron chi connectivity index (χ3n) is 3.61. The minimum absolute atomic E-state index is 0.0944. The number of aromatic nitrogens is 2. The Hall–Kier alpha value is -3.49. The largest absolute Gasteiger partial charge is 0.352 e. The van der Waals surface area contributed by atoms with E-state index >= 15 is 0 Å². The molecule has 0 bridgehead atoms. The highest BCUT2D eigenvalue weighted by Gasteiger charge is 2.30. The summed E-state index contributed by atoms with van der Waals surface area (Å²) < 4.78 is 0. The number of rotatable bonds is 6. The highest BCUT2D eigenvalue weighted by Crippen LogP contribution is 2.15. The van der Waals surface area contributed by atoms with Crippen molar-refractivity contribution in [1.82, 2.24) is 20.7 Å². The summed E-state index contributed by atoms with van der Waals surface area (Å²) in [5, 5.41) is 7.07. The van der Waals surface area contributed by atoms with Crippen LogP contribution in [-0.4, -0.2) is 46.7 Å². The number of hydrogen-bond donors (Lipinski definition) is 3. The number of nitrogens with one attached hydrogen (secondary N) is 3. The second kappa shape index (κ2) is 8.06. The summed E-state index contributed by atoms with van der Waals surface area (Å²) >= 11 is 0. The minimum atomic E-state index is -0.645. The van der Waals surface area contributed by atoms with Gasteiger partial charge in [0.05, 0.1) is 5.69 Å². The van der Waals surface area contributed by atoms with E-state index in [4.69, 9.17) is 0 Å². The Balaban J connectivity index is 1.56. The fraction of sp³-hybridized carbons (Fsp3) is 0.235. The molecule has 134 valence electrons. The van der Waals surface area contributed by atoms with E-state index in [1.165, 1.54) is 5.01 Å². The van der Waals surface area contributed by atoms with Crippen LogP contribution in [0.5, 0.6) is 0 Å². The molecule has 0 saturated heterocycles. The molecule has 2 amide bonds. The second-order valence-corrected chi connectivity index (χ2v) is 5.53. The molecular formula is C17H19N7O2. The molecule has 0 spiro atoms. The number of carbonyl (C=O) groups excluding carboxylic acids is 2. The number of nitrogens with zero attached hydrogens (tertiary/aromatic N) is 4. The van der Waals surface area contributed by atoms with E-state index in [9.17, 15) is 9.59 Å². The molecule has 1 aliphatic rings. The average molecular weight is 353 g/mol. The van der Waals surface area contributed by atoms with Gasteiger partial charge in [0.1, 0.15) is 6.04 Å². The van der Waals surface area contributed by atoms with Crippen LogP contribution in [0, 0.1) is 0 Å². The molecule has 3 N–H and O–H groups in total. The van der Waals surface area contributed by atoms with Gasteiger partial charge in [-0.2, -0.15) is 0 Å². The molecule has 2 aromatic rings. The van der Waals surface area contributed by atoms with Crippen molar-refractivity contribution in [2.45, 2.75) is 13.0 Å². The number of aliphatic imine (C=N–C) groups is 1. The quantitative estimate of drug-likeness (QED) is 0.646. The standard InChI is InChI=1S/C17H19N7O2/c1-12-16(26)24(13-6-3-2-4-7-13)23-14(22-12)15(25)18-10-11-21-17-19-8-5-9-20-17/h2-9,12H,10-11H2,1H3,(H,18,25)(H,22,23)(H,19,20,21)/t12-/m0/s1. The van der Waals surface area contributed by atoms with Gasteiger partial charge >= 0.3 is 0 Å². The maximum Gasteiger partial charge on any atom is 0.288 e. The lowest BCUT2D eigenvalue weighted by Crippen LogP contribution is -2.58. The highest BCUT2D eigenvalue weighted by molar-refractivity contribution is 6.39. The highest BCUT2D eigenvalue weighted by atomic mass is 16.2. The van der Waals surface area contributed by atoms with Gasteiger partial charge in [-0.1, -0.05) is 18.2 Å². The average Bonchev–Trinajstić information content (AvgIpc) is 2.68. The Kier molecular flexibility index (Phi) is 5.37. The van der Waals surface area contributed by atoms with Crippen LogP contribution in [0.3, 0.4) is 0 Å². The summed E-state index contributed by atoms with van der Waals surface area (Å²) in [4.78, 5) is 36.8. The Morgan fingerprint density at radius 3 is 2.62 bits per heavy atom. The zero-order valence-corrected chi connectivity index (χ0v) is 14.2. The van der Waals surface area contributed by atoms with Crippen molar-refractivity contribution in [2.24, 2.45) is 4.99 Å². The molecule has 9 nitrogen and oxygen atoms in total. The Morgan fingerprint density at radius 1 is 1.15 bits per heavy atom. The van der Waals surface area contributed by atoms with Gasteiger partial charge < -0.3 is 10.6 Å². The molecular weight excluding hydrogens is 334 g/mol. The maximum absolute atomic E-state index is 12.3. The van der Waals surface area contributed by atoms with Crippen LogP contribution < -0.4 is 21.1 Å². The molecule has 1 aromatic carbocycles. The number of carbonyl (C=O) groups is 2. The Labute approximate surface area is 150 Å². The number of amides is 2. The zero-order chi connectivity index (χ0) is 18.4. The molecule has 9 heteroatoms. The molecule has 3 rings (SSSR count). The predicted octanol–water partition coefficient (Wildman–Crippen LogP) is 0.343. The number of anilines is 2. The van der Waals surface area contributed by atoms with Crippen molar-refractivity contribution in [2.75, 3.05) is 23.4 Å². The number of benzene rings is 1.